The van der Waals surface area contributed by atoms with Gasteiger partial charge >= 0.3 is 11.9 Å². The lowest BCUT2D eigenvalue weighted by atomic mass is 10.1. The quantitative estimate of drug-likeness (QED) is 0.299. The standard InChI is InChI=1S/C10H8N4O5.C9H9ClN2O2/c1-19-10(18)5-2-4(9(16)17)13-8-6(7(11)15)12-3-14(5)8;10-11-4-6-1-2-8-7(3-6)12-9(13)5-14-8/h2-3H,1H3,(H2,11,15)(H,16,17);1-3,11H,4-5H2,(H,12,13). The normalized spacial score (nSPS) is 12.0. The fourth-order valence-corrected chi connectivity index (χ4v) is 2.99. The highest BCUT2D eigenvalue weighted by molar-refractivity contribution is 6.13. The molecule has 13 nitrogen and oxygen atoms in total. The van der Waals surface area contributed by atoms with Gasteiger partial charge in [-0.05, 0) is 29.5 Å². The van der Waals surface area contributed by atoms with Crippen molar-refractivity contribution in [3.63, 3.8) is 0 Å². The minimum atomic E-state index is -1.36. The summed E-state index contributed by atoms with van der Waals surface area (Å²) in [6.07, 6.45) is 1.14. The molecule has 0 aliphatic carbocycles. The van der Waals surface area contributed by atoms with Gasteiger partial charge in [-0.15, -0.1) is 0 Å². The summed E-state index contributed by atoms with van der Waals surface area (Å²) in [6, 6.07) is 6.57. The first kappa shape index (κ1) is 23.4. The number of rotatable bonds is 5. The van der Waals surface area contributed by atoms with Crippen LogP contribution in [0.1, 0.15) is 37.0 Å². The van der Waals surface area contributed by atoms with Gasteiger partial charge < -0.3 is 25.6 Å². The molecule has 2 aromatic heterocycles. The molecule has 0 spiro atoms. The van der Waals surface area contributed by atoms with E-state index >= 15 is 0 Å². The molecule has 172 valence electrons. The maximum atomic E-state index is 11.6. The van der Waals surface area contributed by atoms with Crippen molar-refractivity contribution in [2.75, 3.05) is 19.0 Å². The van der Waals surface area contributed by atoms with Crippen LogP contribution in [0.3, 0.4) is 0 Å². The molecule has 0 fully saturated rings. The number of nitrogens with two attached hydrogens (primary N) is 1. The highest BCUT2D eigenvalue weighted by Crippen LogP contribution is 2.28. The molecule has 2 amide bonds. The first-order chi connectivity index (χ1) is 15.7. The number of amides is 2. The second-order valence-corrected chi connectivity index (χ2v) is 6.72. The first-order valence-corrected chi connectivity index (χ1v) is 9.51. The number of esters is 1. The number of ether oxygens (including phenoxy) is 2. The number of imidazole rings is 1. The van der Waals surface area contributed by atoms with Gasteiger partial charge in [-0.2, -0.15) is 0 Å². The topological polar surface area (TPSA) is 187 Å². The zero-order valence-corrected chi connectivity index (χ0v) is 17.8. The average molecular weight is 477 g/mol. The van der Waals surface area contributed by atoms with E-state index in [-0.39, 0.29) is 29.5 Å². The number of nitrogens with zero attached hydrogens (tertiary/aromatic N) is 3. The lowest BCUT2D eigenvalue weighted by Gasteiger charge is -2.18. The van der Waals surface area contributed by atoms with Gasteiger partial charge in [0.15, 0.2) is 23.6 Å². The monoisotopic (exact) mass is 476 g/mol. The Kier molecular flexibility index (Phi) is 7.05. The van der Waals surface area contributed by atoms with E-state index in [1.165, 1.54) is 0 Å². The van der Waals surface area contributed by atoms with Gasteiger partial charge in [-0.3, -0.25) is 14.0 Å². The number of methoxy groups -OCH3 is 1. The van der Waals surface area contributed by atoms with E-state index in [1.807, 2.05) is 18.2 Å². The molecule has 33 heavy (non-hydrogen) atoms. The van der Waals surface area contributed by atoms with Crippen LogP contribution < -0.4 is 20.6 Å². The van der Waals surface area contributed by atoms with E-state index in [2.05, 4.69) is 24.9 Å². The zero-order valence-electron chi connectivity index (χ0n) is 17.0. The Morgan fingerprint density at radius 2 is 2.12 bits per heavy atom. The van der Waals surface area contributed by atoms with Crippen LogP contribution in [0.5, 0.6) is 5.75 Å². The molecule has 14 heteroatoms. The number of carbonyl (C=O) groups excluding carboxylic acids is 3. The van der Waals surface area contributed by atoms with Gasteiger partial charge in [0.1, 0.15) is 17.8 Å². The molecule has 0 saturated heterocycles. The summed E-state index contributed by atoms with van der Waals surface area (Å²) in [4.78, 5) is 54.6. The third-order valence-corrected chi connectivity index (χ3v) is 4.43. The third-order valence-electron chi connectivity index (χ3n) is 4.30. The molecule has 4 rings (SSSR count). The molecule has 3 aromatic rings. The Morgan fingerprint density at radius 3 is 2.76 bits per heavy atom. The number of anilines is 1. The van der Waals surface area contributed by atoms with Crippen LogP contribution in [0.15, 0.2) is 30.6 Å². The van der Waals surface area contributed by atoms with Gasteiger partial charge in [-0.25, -0.2) is 24.4 Å². The van der Waals surface area contributed by atoms with Crippen LogP contribution in [-0.4, -0.2) is 56.9 Å². The van der Waals surface area contributed by atoms with E-state index < -0.39 is 23.5 Å². The molecule has 5 N–H and O–H groups in total. The zero-order chi connectivity index (χ0) is 24.1. The van der Waals surface area contributed by atoms with Crippen molar-refractivity contribution in [2.45, 2.75) is 6.54 Å². The Morgan fingerprint density at radius 1 is 1.36 bits per heavy atom. The summed E-state index contributed by atoms with van der Waals surface area (Å²) >= 11 is 5.38. The Labute approximate surface area is 190 Å². The molecule has 1 aromatic carbocycles. The number of halogens is 1. The number of carboxylic acid groups (broad SMARTS) is 1. The number of carboxylic acids is 1. The summed E-state index contributed by atoms with van der Waals surface area (Å²) < 4.78 is 10.9. The van der Waals surface area contributed by atoms with Crippen molar-refractivity contribution in [2.24, 2.45) is 5.73 Å². The maximum Gasteiger partial charge on any atom is 0.355 e. The number of fused-ring (bicyclic) bond motifs is 2. The summed E-state index contributed by atoms with van der Waals surface area (Å²) in [7, 11) is 1.14. The van der Waals surface area contributed by atoms with Crippen LogP contribution in [0.25, 0.3) is 5.65 Å². The van der Waals surface area contributed by atoms with Gasteiger partial charge in [0, 0.05) is 12.6 Å². The predicted octanol–water partition coefficient (Wildman–Crippen LogP) is 0.574. The minimum absolute atomic E-state index is 0.0834. The van der Waals surface area contributed by atoms with Crippen molar-refractivity contribution < 1.29 is 33.8 Å². The molecular formula is C19H17ClN6O7. The fourth-order valence-electron chi connectivity index (χ4n) is 2.83. The largest absolute Gasteiger partial charge is 0.482 e. The molecule has 3 heterocycles. The summed E-state index contributed by atoms with van der Waals surface area (Å²) in [6.45, 7) is 0.630. The van der Waals surface area contributed by atoms with Gasteiger partial charge in [0.05, 0.1) is 12.8 Å². The summed E-state index contributed by atoms with van der Waals surface area (Å²) in [5.41, 5.74) is 5.89. The smallest absolute Gasteiger partial charge is 0.355 e. The average Bonchev–Trinajstić information content (AvgIpc) is 3.22. The van der Waals surface area contributed by atoms with E-state index in [9.17, 15) is 19.2 Å². The van der Waals surface area contributed by atoms with Crippen LogP contribution >= 0.6 is 11.8 Å². The molecule has 0 unspecified atom stereocenters. The molecule has 0 saturated carbocycles. The maximum absolute atomic E-state index is 11.6. The highest BCUT2D eigenvalue weighted by atomic mass is 35.5. The molecule has 0 radical (unpaired) electrons. The SMILES string of the molecule is COC(=O)c1cc(C(=O)O)nc2c(C(N)=O)ncn12.O=C1COc2ccc(CNCl)cc2N1. The van der Waals surface area contributed by atoms with Crippen molar-refractivity contribution in [1.29, 1.82) is 0 Å². The first-order valence-electron chi connectivity index (χ1n) is 9.13. The van der Waals surface area contributed by atoms with E-state index in [0.29, 0.717) is 18.0 Å². The molecular weight excluding hydrogens is 460 g/mol. The number of benzene rings is 1. The predicted molar refractivity (Wildman–Crippen MR) is 113 cm³/mol. The van der Waals surface area contributed by atoms with Crippen molar-refractivity contribution in [3.05, 3.63) is 53.2 Å². The van der Waals surface area contributed by atoms with E-state index in [4.69, 9.17) is 27.4 Å². The molecule has 0 atom stereocenters. The second-order valence-electron chi connectivity index (χ2n) is 6.45. The van der Waals surface area contributed by atoms with Crippen molar-refractivity contribution in [1.82, 2.24) is 19.2 Å². The molecule has 1 aliphatic heterocycles. The van der Waals surface area contributed by atoms with Gasteiger partial charge in [-0.1, -0.05) is 6.07 Å². The Hall–Kier alpha value is -4.23. The molecule has 1 aliphatic rings. The van der Waals surface area contributed by atoms with Crippen LogP contribution in [0.2, 0.25) is 0 Å². The fraction of sp³-hybridized carbons (Fsp3) is 0.158. The number of hydrogen-bond donors (Lipinski definition) is 4. The van der Waals surface area contributed by atoms with Gasteiger partial charge in [0.25, 0.3) is 11.8 Å². The number of nitrogens with one attached hydrogen (secondary N) is 2. The minimum Gasteiger partial charge on any atom is -0.482 e. The van der Waals surface area contributed by atoms with Crippen LogP contribution in [-0.2, 0) is 16.1 Å². The number of hydrogen-bond acceptors (Lipinski definition) is 9. The third kappa shape index (κ3) is 5.16. The van der Waals surface area contributed by atoms with Crippen LogP contribution in [0.4, 0.5) is 5.69 Å². The van der Waals surface area contributed by atoms with E-state index in [1.54, 1.807) is 0 Å². The van der Waals surface area contributed by atoms with Gasteiger partial charge in [0.2, 0.25) is 0 Å². The number of aromatic carboxylic acids is 1. The Bertz CT molecular complexity index is 1260. The number of primary amides is 1. The summed E-state index contributed by atoms with van der Waals surface area (Å²) in [5.74, 6) is -2.46. The number of aromatic nitrogens is 3. The van der Waals surface area contributed by atoms with Crippen molar-refractivity contribution in [3.8, 4) is 5.75 Å². The Balaban J connectivity index is 0.000000194. The van der Waals surface area contributed by atoms with E-state index in [0.717, 1.165) is 29.5 Å². The number of carbonyl (C=O) groups is 4. The van der Waals surface area contributed by atoms with Crippen LogP contribution in [0, 0.1) is 0 Å². The molecule has 0 bridgehead atoms. The summed E-state index contributed by atoms with van der Waals surface area (Å²) in [5, 5.41) is 11.7. The lowest BCUT2D eigenvalue weighted by Crippen LogP contribution is -2.25. The second kappa shape index (κ2) is 9.93. The highest BCUT2D eigenvalue weighted by Gasteiger charge is 2.21. The lowest BCUT2D eigenvalue weighted by molar-refractivity contribution is -0.118. The van der Waals surface area contributed by atoms with Crippen molar-refractivity contribution >= 4 is 46.9 Å².